The van der Waals surface area contributed by atoms with Gasteiger partial charge in [-0.05, 0) is 62.9 Å². The molecule has 0 bridgehead atoms. The molecule has 2 aliphatic rings. The summed E-state index contributed by atoms with van der Waals surface area (Å²) >= 11 is 3.57. The summed E-state index contributed by atoms with van der Waals surface area (Å²) in [5.41, 5.74) is 1.01. The number of fused-ring (bicyclic) bond motifs is 1. The van der Waals surface area contributed by atoms with Gasteiger partial charge in [-0.1, -0.05) is 15.9 Å². The third kappa shape index (κ3) is 4.42. The minimum Gasteiger partial charge on any atom is -0.486 e. The fraction of sp³-hybridized carbons (Fsp3) is 0.611. The summed E-state index contributed by atoms with van der Waals surface area (Å²) in [4.78, 5) is 12.3. The number of hydrogen-bond donors (Lipinski definition) is 2. The number of nitrogens with one attached hydrogen (secondary N) is 2. The molecule has 1 unspecified atom stereocenters. The van der Waals surface area contributed by atoms with Gasteiger partial charge in [-0.3, -0.25) is 4.79 Å². The van der Waals surface area contributed by atoms with Crippen LogP contribution < -0.4 is 20.1 Å². The van der Waals surface area contributed by atoms with Crippen LogP contribution in [0.15, 0.2) is 16.6 Å². The summed E-state index contributed by atoms with van der Waals surface area (Å²) in [6.45, 7) is 5.28. The zero-order chi connectivity index (χ0) is 16.9. The van der Waals surface area contributed by atoms with Gasteiger partial charge in [-0.15, -0.1) is 0 Å². The summed E-state index contributed by atoms with van der Waals surface area (Å²) in [6, 6.07) is 3.80. The van der Waals surface area contributed by atoms with E-state index in [0.29, 0.717) is 25.6 Å². The third-order valence-corrected chi connectivity index (χ3v) is 5.43. The molecule has 6 heteroatoms. The molecule has 5 nitrogen and oxygen atoms in total. The van der Waals surface area contributed by atoms with Crippen LogP contribution in [0.5, 0.6) is 11.5 Å². The highest BCUT2D eigenvalue weighted by atomic mass is 79.9. The molecule has 0 saturated carbocycles. The van der Waals surface area contributed by atoms with Crippen LogP contribution in [-0.4, -0.2) is 32.2 Å². The second-order valence-corrected chi connectivity index (χ2v) is 7.39. The van der Waals surface area contributed by atoms with Crippen molar-refractivity contribution in [1.82, 2.24) is 10.6 Å². The second-order valence-electron chi connectivity index (χ2n) is 6.54. The van der Waals surface area contributed by atoms with Gasteiger partial charge in [-0.2, -0.15) is 0 Å². The third-order valence-electron chi connectivity index (χ3n) is 4.74. The summed E-state index contributed by atoms with van der Waals surface area (Å²) < 4.78 is 12.1. The maximum absolute atomic E-state index is 12.3. The van der Waals surface area contributed by atoms with Gasteiger partial charge in [0, 0.05) is 10.9 Å². The number of carbonyl (C=O) groups excluding carboxylic acids is 1. The summed E-state index contributed by atoms with van der Waals surface area (Å²) in [5.74, 6) is 2.28. The highest BCUT2D eigenvalue weighted by Crippen LogP contribution is 2.37. The normalized spacial score (nSPS) is 18.9. The smallest absolute Gasteiger partial charge is 0.220 e. The lowest BCUT2D eigenvalue weighted by Crippen LogP contribution is -2.30. The van der Waals surface area contributed by atoms with Crippen LogP contribution in [0.2, 0.25) is 0 Å². The van der Waals surface area contributed by atoms with Gasteiger partial charge in [-0.25, -0.2) is 0 Å². The van der Waals surface area contributed by atoms with E-state index in [9.17, 15) is 4.79 Å². The fourth-order valence-electron chi connectivity index (χ4n) is 3.31. The monoisotopic (exact) mass is 396 g/mol. The molecule has 0 aliphatic carbocycles. The van der Waals surface area contributed by atoms with Gasteiger partial charge in [0.2, 0.25) is 5.91 Å². The van der Waals surface area contributed by atoms with Crippen molar-refractivity contribution in [2.24, 2.45) is 5.92 Å². The fourth-order valence-corrected chi connectivity index (χ4v) is 3.97. The van der Waals surface area contributed by atoms with E-state index >= 15 is 0 Å². The van der Waals surface area contributed by atoms with Crippen molar-refractivity contribution >= 4 is 21.8 Å². The summed E-state index contributed by atoms with van der Waals surface area (Å²) in [6.07, 6.45) is 3.92. The maximum atomic E-state index is 12.3. The van der Waals surface area contributed by atoms with Gasteiger partial charge in [0.05, 0.1) is 6.04 Å². The van der Waals surface area contributed by atoms with Crippen LogP contribution in [0.4, 0.5) is 0 Å². The molecule has 2 heterocycles. The van der Waals surface area contributed by atoms with Gasteiger partial charge in [0.15, 0.2) is 11.5 Å². The first kappa shape index (κ1) is 17.5. The van der Waals surface area contributed by atoms with Crippen LogP contribution in [0.3, 0.4) is 0 Å². The highest BCUT2D eigenvalue weighted by Gasteiger charge is 2.20. The number of halogens is 1. The molecule has 0 radical (unpaired) electrons. The van der Waals surface area contributed by atoms with Crippen molar-refractivity contribution in [3.63, 3.8) is 0 Å². The first-order valence-corrected chi connectivity index (χ1v) is 9.52. The second kappa shape index (κ2) is 8.21. The lowest BCUT2D eigenvalue weighted by atomic mass is 9.93. The molecule has 1 atom stereocenters. The molecular formula is C18H25BrN2O3. The molecule has 1 fully saturated rings. The molecule has 2 aliphatic heterocycles. The average Bonchev–Trinajstić information content (AvgIpc) is 2.60. The van der Waals surface area contributed by atoms with E-state index in [1.165, 1.54) is 12.8 Å². The van der Waals surface area contributed by atoms with Crippen LogP contribution >= 0.6 is 15.9 Å². The first-order valence-electron chi connectivity index (χ1n) is 8.72. The molecule has 1 aromatic carbocycles. The number of benzene rings is 1. The van der Waals surface area contributed by atoms with Crippen molar-refractivity contribution in [2.45, 2.75) is 38.6 Å². The first-order chi connectivity index (χ1) is 11.6. The Morgan fingerprint density at radius 2 is 1.96 bits per heavy atom. The largest absolute Gasteiger partial charge is 0.486 e. The summed E-state index contributed by atoms with van der Waals surface area (Å²) in [5, 5.41) is 6.46. The number of carbonyl (C=O) groups is 1. The predicted octanol–water partition coefficient (Wildman–Crippen LogP) is 3.18. The molecule has 0 spiro atoms. The molecule has 2 N–H and O–H groups in total. The lowest BCUT2D eigenvalue weighted by Gasteiger charge is -2.24. The maximum Gasteiger partial charge on any atom is 0.220 e. The van der Waals surface area contributed by atoms with E-state index in [2.05, 4.69) is 26.6 Å². The van der Waals surface area contributed by atoms with Crippen molar-refractivity contribution in [1.29, 1.82) is 0 Å². The molecule has 1 aromatic rings. The molecule has 1 amide bonds. The molecular weight excluding hydrogens is 372 g/mol. The Bertz CT molecular complexity index is 588. The van der Waals surface area contributed by atoms with Crippen molar-refractivity contribution in [3.05, 3.63) is 22.2 Å². The standard InChI is InChI=1S/C18H25BrN2O3/c1-12(21-18(22)3-2-13-4-6-20-7-5-13)14-10-16-17(11-15(14)19)24-9-8-23-16/h10-13,20H,2-9H2,1H3,(H,21,22). The minimum atomic E-state index is -0.0734. The van der Waals surface area contributed by atoms with Crippen LogP contribution in [0, 0.1) is 5.92 Å². The van der Waals surface area contributed by atoms with E-state index in [1.54, 1.807) is 0 Å². The average molecular weight is 397 g/mol. The Kier molecular flexibility index (Phi) is 6.00. The quantitative estimate of drug-likeness (QED) is 0.802. The van der Waals surface area contributed by atoms with Crippen molar-refractivity contribution in [2.75, 3.05) is 26.3 Å². The molecule has 3 rings (SSSR count). The Morgan fingerprint density at radius 3 is 2.67 bits per heavy atom. The Balaban J connectivity index is 1.55. The van der Waals surface area contributed by atoms with Crippen molar-refractivity contribution in [3.8, 4) is 11.5 Å². The van der Waals surface area contributed by atoms with E-state index < -0.39 is 0 Å². The number of rotatable bonds is 5. The number of piperidine rings is 1. The SMILES string of the molecule is CC(NC(=O)CCC1CCNCC1)c1cc2c(cc1Br)OCCO2. The minimum absolute atomic E-state index is 0.0734. The van der Waals surface area contributed by atoms with Crippen LogP contribution in [-0.2, 0) is 4.79 Å². The Morgan fingerprint density at radius 1 is 1.29 bits per heavy atom. The van der Waals surface area contributed by atoms with E-state index in [0.717, 1.165) is 41.0 Å². The molecule has 0 aromatic heterocycles. The molecule has 132 valence electrons. The van der Waals surface area contributed by atoms with Gasteiger partial charge < -0.3 is 20.1 Å². The molecule has 1 saturated heterocycles. The van der Waals surface area contributed by atoms with Crippen LogP contribution in [0.25, 0.3) is 0 Å². The number of hydrogen-bond acceptors (Lipinski definition) is 4. The number of ether oxygens (including phenoxy) is 2. The Labute approximate surface area is 151 Å². The zero-order valence-electron chi connectivity index (χ0n) is 14.1. The van der Waals surface area contributed by atoms with Gasteiger partial charge in [0.25, 0.3) is 0 Å². The lowest BCUT2D eigenvalue weighted by molar-refractivity contribution is -0.122. The van der Waals surface area contributed by atoms with E-state index in [1.807, 2.05) is 19.1 Å². The number of amides is 1. The van der Waals surface area contributed by atoms with E-state index in [4.69, 9.17) is 9.47 Å². The summed E-state index contributed by atoms with van der Waals surface area (Å²) in [7, 11) is 0. The molecule has 24 heavy (non-hydrogen) atoms. The van der Waals surface area contributed by atoms with E-state index in [-0.39, 0.29) is 11.9 Å². The van der Waals surface area contributed by atoms with Gasteiger partial charge in [0.1, 0.15) is 13.2 Å². The topological polar surface area (TPSA) is 59.6 Å². The predicted molar refractivity (Wildman–Crippen MR) is 96.5 cm³/mol. The van der Waals surface area contributed by atoms with Crippen molar-refractivity contribution < 1.29 is 14.3 Å². The highest BCUT2D eigenvalue weighted by molar-refractivity contribution is 9.10. The zero-order valence-corrected chi connectivity index (χ0v) is 15.7. The Hall–Kier alpha value is -1.27. The van der Waals surface area contributed by atoms with Crippen LogP contribution in [0.1, 0.15) is 44.2 Å². The van der Waals surface area contributed by atoms with Gasteiger partial charge >= 0.3 is 0 Å².